The molecule has 1 aromatic carbocycles. The molecule has 1 unspecified atom stereocenters. The molecule has 2 heterocycles. The van der Waals surface area contributed by atoms with Crippen LogP contribution in [0.4, 0.5) is 22.2 Å². The summed E-state index contributed by atoms with van der Waals surface area (Å²) in [4.78, 5) is 37.0. The van der Waals surface area contributed by atoms with Gasteiger partial charge in [-0.1, -0.05) is 31.0 Å². The van der Waals surface area contributed by atoms with Gasteiger partial charge in [-0.15, -0.1) is 0 Å². The van der Waals surface area contributed by atoms with Crippen LogP contribution in [0.25, 0.3) is 0 Å². The van der Waals surface area contributed by atoms with Crippen molar-refractivity contribution in [3.63, 3.8) is 0 Å². The SMILES string of the molecule is CCCc1cc(Nc2ccc(C)cc2)nc(N2CCN(C(=O)OC(C)(C)C)C(C(=O)O)C2)n1. The number of benzene rings is 1. The Balaban J connectivity index is 1.84. The third-order valence-electron chi connectivity index (χ3n) is 5.17. The Labute approximate surface area is 194 Å². The molecule has 1 atom stereocenters. The second-order valence-electron chi connectivity index (χ2n) is 9.26. The lowest BCUT2D eigenvalue weighted by Gasteiger charge is -2.39. The Morgan fingerprint density at radius 3 is 2.48 bits per heavy atom. The third-order valence-corrected chi connectivity index (χ3v) is 5.17. The van der Waals surface area contributed by atoms with Gasteiger partial charge in [0.05, 0.1) is 6.54 Å². The van der Waals surface area contributed by atoms with E-state index in [0.717, 1.165) is 29.8 Å². The number of rotatable bonds is 6. The number of hydrogen-bond donors (Lipinski definition) is 2. The number of carboxylic acid groups (broad SMARTS) is 1. The monoisotopic (exact) mass is 455 g/mol. The van der Waals surface area contributed by atoms with Crippen molar-refractivity contribution >= 4 is 29.5 Å². The maximum absolute atomic E-state index is 12.6. The molecule has 9 nitrogen and oxygen atoms in total. The van der Waals surface area contributed by atoms with Crippen LogP contribution in [-0.2, 0) is 16.0 Å². The highest BCUT2D eigenvalue weighted by atomic mass is 16.6. The molecule has 1 aliphatic heterocycles. The van der Waals surface area contributed by atoms with Crippen LogP contribution in [-0.4, -0.2) is 63.3 Å². The summed E-state index contributed by atoms with van der Waals surface area (Å²) in [6.07, 6.45) is 1.07. The number of hydrogen-bond acceptors (Lipinski definition) is 7. The maximum Gasteiger partial charge on any atom is 0.411 e. The Bertz CT molecular complexity index is 987. The minimum atomic E-state index is -1.09. The van der Waals surface area contributed by atoms with E-state index in [4.69, 9.17) is 4.74 Å². The lowest BCUT2D eigenvalue weighted by atomic mass is 10.1. The van der Waals surface area contributed by atoms with Gasteiger partial charge < -0.3 is 20.1 Å². The molecule has 1 amide bonds. The first-order valence-corrected chi connectivity index (χ1v) is 11.2. The quantitative estimate of drug-likeness (QED) is 0.673. The zero-order chi connectivity index (χ0) is 24.2. The lowest BCUT2D eigenvalue weighted by molar-refractivity contribution is -0.143. The van der Waals surface area contributed by atoms with E-state index in [1.807, 2.05) is 42.2 Å². The van der Waals surface area contributed by atoms with Gasteiger partial charge in [0.1, 0.15) is 11.4 Å². The number of nitrogens with one attached hydrogen (secondary N) is 1. The van der Waals surface area contributed by atoms with Crippen LogP contribution in [0.1, 0.15) is 45.4 Å². The van der Waals surface area contributed by atoms with E-state index in [1.165, 1.54) is 4.90 Å². The first kappa shape index (κ1) is 24.3. The Morgan fingerprint density at radius 2 is 1.88 bits per heavy atom. The van der Waals surface area contributed by atoms with Crippen LogP contribution < -0.4 is 10.2 Å². The van der Waals surface area contributed by atoms with Crippen LogP contribution in [0.15, 0.2) is 30.3 Å². The van der Waals surface area contributed by atoms with Gasteiger partial charge in [-0.3, -0.25) is 4.90 Å². The topological polar surface area (TPSA) is 108 Å². The average molecular weight is 456 g/mol. The fraction of sp³-hybridized carbons (Fsp3) is 0.500. The van der Waals surface area contributed by atoms with Gasteiger partial charge >= 0.3 is 12.1 Å². The summed E-state index contributed by atoms with van der Waals surface area (Å²) in [5, 5.41) is 13.1. The highest BCUT2D eigenvalue weighted by Crippen LogP contribution is 2.23. The number of piperazine rings is 1. The molecular formula is C24H33N5O4. The van der Waals surface area contributed by atoms with Crippen LogP contribution in [0, 0.1) is 6.92 Å². The molecule has 2 N–H and O–H groups in total. The van der Waals surface area contributed by atoms with Crippen molar-refractivity contribution in [3.8, 4) is 0 Å². The van der Waals surface area contributed by atoms with Crippen molar-refractivity contribution in [3.05, 3.63) is 41.6 Å². The van der Waals surface area contributed by atoms with Crippen molar-refractivity contribution in [1.82, 2.24) is 14.9 Å². The molecule has 0 aliphatic carbocycles. The fourth-order valence-corrected chi connectivity index (χ4v) is 3.57. The Morgan fingerprint density at radius 1 is 1.18 bits per heavy atom. The second-order valence-corrected chi connectivity index (χ2v) is 9.26. The molecule has 0 saturated carbocycles. The van der Waals surface area contributed by atoms with Gasteiger partial charge in [-0.05, 0) is 46.2 Å². The molecule has 0 spiro atoms. The van der Waals surface area contributed by atoms with E-state index < -0.39 is 23.7 Å². The van der Waals surface area contributed by atoms with Crippen molar-refractivity contribution in [2.24, 2.45) is 0 Å². The van der Waals surface area contributed by atoms with E-state index in [1.54, 1.807) is 20.8 Å². The van der Waals surface area contributed by atoms with Crippen LogP contribution in [0.5, 0.6) is 0 Å². The second kappa shape index (κ2) is 10.1. The number of aryl methyl sites for hydroxylation is 2. The number of carbonyl (C=O) groups is 2. The van der Waals surface area contributed by atoms with Crippen LogP contribution in [0.2, 0.25) is 0 Å². The zero-order valence-electron chi connectivity index (χ0n) is 20.0. The van der Waals surface area contributed by atoms with E-state index in [9.17, 15) is 14.7 Å². The van der Waals surface area contributed by atoms with Crippen molar-refractivity contribution in [2.75, 3.05) is 29.9 Å². The molecule has 2 aromatic rings. The smallest absolute Gasteiger partial charge is 0.411 e. The predicted octanol–water partition coefficient (Wildman–Crippen LogP) is 3.99. The number of carboxylic acids is 1. The maximum atomic E-state index is 12.6. The number of aromatic nitrogens is 2. The minimum absolute atomic E-state index is 0.0775. The largest absolute Gasteiger partial charge is 0.480 e. The first-order valence-electron chi connectivity index (χ1n) is 11.2. The summed E-state index contributed by atoms with van der Waals surface area (Å²) < 4.78 is 5.41. The zero-order valence-corrected chi connectivity index (χ0v) is 20.0. The van der Waals surface area contributed by atoms with Crippen molar-refractivity contribution in [2.45, 2.75) is 59.1 Å². The highest BCUT2D eigenvalue weighted by Gasteiger charge is 2.38. The molecule has 1 aromatic heterocycles. The van der Waals surface area contributed by atoms with E-state index in [0.29, 0.717) is 18.3 Å². The van der Waals surface area contributed by atoms with E-state index in [-0.39, 0.29) is 13.1 Å². The summed E-state index contributed by atoms with van der Waals surface area (Å²) >= 11 is 0. The molecular weight excluding hydrogens is 422 g/mol. The van der Waals surface area contributed by atoms with E-state index in [2.05, 4.69) is 22.2 Å². The molecule has 3 rings (SSSR count). The van der Waals surface area contributed by atoms with Crippen LogP contribution in [0.3, 0.4) is 0 Å². The molecule has 1 fully saturated rings. The molecule has 0 radical (unpaired) electrons. The summed E-state index contributed by atoms with van der Waals surface area (Å²) in [6, 6.07) is 8.86. The molecule has 0 bridgehead atoms. The van der Waals surface area contributed by atoms with Crippen molar-refractivity contribution in [1.29, 1.82) is 0 Å². The minimum Gasteiger partial charge on any atom is -0.480 e. The fourth-order valence-electron chi connectivity index (χ4n) is 3.57. The Hall–Kier alpha value is -3.36. The number of aliphatic carboxylic acids is 1. The molecule has 9 heteroatoms. The molecule has 1 aliphatic rings. The van der Waals surface area contributed by atoms with Gasteiger partial charge in [0.25, 0.3) is 0 Å². The standard InChI is InChI=1S/C24H33N5O4/c1-6-7-18-14-20(25-17-10-8-16(2)9-11-17)27-22(26-18)28-12-13-29(19(15-28)21(30)31)23(32)33-24(3,4)5/h8-11,14,19H,6-7,12-13,15H2,1-5H3,(H,30,31)(H,25,26,27). The van der Waals surface area contributed by atoms with Gasteiger partial charge in [-0.2, -0.15) is 4.98 Å². The lowest BCUT2D eigenvalue weighted by Crippen LogP contribution is -2.59. The number of carbonyl (C=O) groups excluding carboxylic acids is 1. The summed E-state index contributed by atoms with van der Waals surface area (Å²) in [6.45, 7) is 10.1. The summed E-state index contributed by atoms with van der Waals surface area (Å²) in [5.74, 6) is 0.00711. The first-order chi connectivity index (χ1) is 15.6. The third kappa shape index (κ3) is 6.57. The number of amides is 1. The Kier molecular flexibility index (Phi) is 7.40. The van der Waals surface area contributed by atoms with Gasteiger partial charge in [-0.25, -0.2) is 14.6 Å². The average Bonchev–Trinajstić information content (AvgIpc) is 2.74. The molecule has 1 saturated heterocycles. The van der Waals surface area contributed by atoms with Gasteiger partial charge in [0, 0.05) is 30.5 Å². The van der Waals surface area contributed by atoms with Crippen molar-refractivity contribution < 1.29 is 19.4 Å². The number of nitrogens with zero attached hydrogens (tertiary/aromatic N) is 4. The highest BCUT2D eigenvalue weighted by molar-refractivity contribution is 5.81. The number of ether oxygens (including phenoxy) is 1. The molecule has 33 heavy (non-hydrogen) atoms. The summed E-state index contributed by atoms with van der Waals surface area (Å²) in [7, 11) is 0. The summed E-state index contributed by atoms with van der Waals surface area (Å²) in [5.41, 5.74) is 2.24. The van der Waals surface area contributed by atoms with Crippen LogP contribution >= 0.6 is 0 Å². The number of anilines is 3. The van der Waals surface area contributed by atoms with Gasteiger partial charge in [0.2, 0.25) is 5.95 Å². The van der Waals surface area contributed by atoms with E-state index >= 15 is 0 Å². The predicted molar refractivity (Wildman–Crippen MR) is 127 cm³/mol. The molecule has 178 valence electrons. The normalized spacial score (nSPS) is 16.5. The van der Waals surface area contributed by atoms with Gasteiger partial charge in [0.15, 0.2) is 6.04 Å².